The highest BCUT2D eigenvalue weighted by Crippen LogP contribution is 2.34. The minimum absolute atomic E-state index is 0.0579. The van der Waals surface area contributed by atoms with Gasteiger partial charge in [-0.3, -0.25) is 4.79 Å². The fourth-order valence-corrected chi connectivity index (χ4v) is 2.17. The van der Waals surface area contributed by atoms with E-state index in [0.29, 0.717) is 12.5 Å². The predicted molar refractivity (Wildman–Crippen MR) is 53.2 cm³/mol. The number of carbonyl (C=O) groups excluding carboxylic acids is 1. The zero-order chi connectivity index (χ0) is 9.90. The average Bonchev–Trinajstić information content (AvgIpc) is 2.55. The van der Waals surface area contributed by atoms with Crippen LogP contribution in [0.5, 0.6) is 0 Å². The van der Waals surface area contributed by atoms with Crippen molar-refractivity contribution < 1.29 is 4.79 Å². The molecule has 1 aliphatic heterocycles. The van der Waals surface area contributed by atoms with E-state index in [2.05, 4.69) is 19.2 Å². The van der Waals surface area contributed by atoms with E-state index in [4.69, 9.17) is 5.73 Å². The molecule has 1 heterocycles. The summed E-state index contributed by atoms with van der Waals surface area (Å²) in [5.74, 6) is -0.182. The zero-order valence-corrected chi connectivity index (χ0v) is 8.60. The average molecular weight is 184 g/mol. The number of hydrogen-bond donors (Lipinski definition) is 2. The molecule has 1 amide bonds. The van der Waals surface area contributed by atoms with Crippen molar-refractivity contribution >= 4 is 5.91 Å². The van der Waals surface area contributed by atoms with Crippen molar-refractivity contribution in [2.24, 2.45) is 11.1 Å². The Hall–Kier alpha value is -0.570. The zero-order valence-electron chi connectivity index (χ0n) is 8.60. The normalized spacial score (nSPS) is 27.1. The first-order valence-corrected chi connectivity index (χ1v) is 5.10. The van der Waals surface area contributed by atoms with Crippen molar-refractivity contribution in [3.63, 3.8) is 0 Å². The van der Waals surface area contributed by atoms with Crippen LogP contribution in [0.1, 0.15) is 39.5 Å². The Morgan fingerprint density at radius 2 is 2.38 bits per heavy atom. The summed E-state index contributed by atoms with van der Waals surface area (Å²) in [7, 11) is 0. The lowest BCUT2D eigenvalue weighted by Gasteiger charge is -2.33. The highest BCUT2D eigenvalue weighted by Gasteiger charge is 2.35. The molecular weight excluding hydrogens is 164 g/mol. The molecule has 76 valence electrons. The van der Waals surface area contributed by atoms with E-state index in [9.17, 15) is 4.79 Å². The Balaban J connectivity index is 2.61. The van der Waals surface area contributed by atoms with Crippen LogP contribution in [0.4, 0.5) is 0 Å². The molecule has 1 saturated heterocycles. The van der Waals surface area contributed by atoms with E-state index >= 15 is 0 Å². The number of amides is 1. The van der Waals surface area contributed by atoms with Gasteiger partial charge in [0.1, 0.15) is 0 Å². The molecule has 3 nitrogen and oxygen atoms in total. The Morgan fingerprint density at radius 3 is 2.77 bits per heavy atom. The third-order valence-electron chi connectivity index (χ3n) is 3.29. The van der Waals surface area contributed by atoms with Crippen molar-refractivity contribution in [3.8, 4) is 0 Å². The summed E-state index contributed by atoms with van der Waals surface area (Å²) in [5, 5.41) is 3.45. The molecule has 3 heteroatoms. The Morgan fingerprint density at radius 1 is 1.69 bits per heavy atom. The summed E-state index contributed by atoms with van der Waals surface area (Å²) in [6.07, 6.45) is 3.91. The SMILES string of the molecule is CCC(C)(CC(N)=O)C1CCCN1. The quantitative estimate of drug-likeness (QED) is 0.685. The van der Waals surface area contributed by atoms with Gasteiger partial charge >= 0.3 is 0 Å². The van der Waals surface area contributed by atoms with Crippen LogP contribution in [-0.4, -0.2) is 18.5 Å². The van der Waals surface area contributed by atoms with Crippen LogP contribution in [0.2, 0.25) is 0 Å². The first-order chi connectivity index (χ1) is 6.08. The van der Waals surface area contributed by atoms with Crippen LogP contribution in [0.25, 0.3) is 0 Å². The lowest BCUT2D eigenvalue weighted by atomic mass is 9.76. The third kappa shape index (κ3) is 2.44. The Kier molecular flexibility index (Phi) is 3.31. The van der Waals surface area contributed by atoms with E-state index in [-0.39, 0.29) is 11.3 Å². The molecule has 0 radical (unpaired) electrons. The van der Waals surface area contributed by atoms with Gasteiger partial charge in [0.25, 0.3) is 0 Å². The molecule has 0 bridgehead atoms. The topological polar surface area (TPSA) is 55.1 Å². The second kappa shape index (κ2) is 4.09. The van der Waals surface area contributed by atoms with Gasteiger partial charge in [0.2, 0.25) is 5.91 Å². The van der Waals surface area contributed by atoms with Gasteiger partial charge in [-0.15, -0.1) is 0 Å². The number of primary amides is 1. The maximum absolute atomic E-state index is 10.9. The second-order valence-corrected chi connectivity index (χ2v) is 4.30. The molecule has 0 saturated carbocycles. The van der Waals surface area contributed by atoms with Gasteiger partial charge in [-0.1, -0.05) is 13.8 Å². The van der Waals surface area contributed by atoms with Gasteiger partial charge in [0.15, 0.2) is 0 Å². The van der Waals surface area contributed by atoms with Gasteiger partial charge in [-0.2, -0.15) is 0 Å². The van der Waals surface area contributed by atoms with E-state index in [1.54, 1.807) is 0 Å². The molecule has 0 aromatic rings. The van der Waals surface area contributed by atoms with Gasteiger partial charge < -0.3 is 11.1 Å². The molecule has 1 rings (SSSR count). The lowest BCUT2D eigenvalue weighted by molar-refractivity contribution is -0.120. The molecule has 2 atom stereocenters. The first kappa shape index (κ1) is 10.5. The minimum atomic E-state index is -0.182. The summed E-state index contributed by atoms with van der Waals surface area (Å²) in [6, 6.07) is 0.477. The monoisotopic (exact) mass is 184 g/mol. The summed E-state index contributed by atoms with van der Waals surface area (Å²) < 4.78 is 0. The molecule has 13 heavy (non-hydrogen) atoms. The maximum Gasteiger partial charge on any atom is 0.218 e. The molecular formula is C10H20N2O. The molecule has 2 unspecified atom stereocenters. The predicted octanol–water partition coefficient (Wildman–Crippen LogP) is 1.03. The molecule has 0 aliphatic carbocycles. The fraction of sp³-hybridized carbons (Fsp3) is 0.900. The van der Waals surface area contributed by atoms with E-state index < -0.39 is 0 Å². The third-order valence-corrected chi connectivity index (χ3v) is 3.29. The highest BCUT2D eigenvalue weighted by atomic mass is 16.1. The van der Waals surface area contributed by atoms with Crippen molar-refractivity contribution in [2.75, 3.05) is 6.54 Å². The molecule has 0 spiro atoms. The van der Waals surface area contributed by atoms with Crippen LogP contribution in [0.3, 0.4) is 0 Å². The molecule has 1 fully saturated rings. The van der Waals surface area contributed by atoms with E-state index in [1.165, 1.54) is 12.8 Å². The van der Waals surface area contributed by atoms with Crippen LogP contribution in [0.15, 0.2) is 0 Å². The molecule has 3 N–H and O–H groups in total. The molecule has 0 aromatic carbocycles. The standard InChI is InChI=1S/C10H20N2O/c1-3-10(2,7-9(11)13)8-5-4-6-12-8/h8,12H,3-7H2,1-2H3,(H2,11,13). The van der Waals surface area contributed by atoms with Crippen molar-refractivity contribution in [1.82, 2.24) is 5.32 Å². The summed E-state index contributed by atoms with van der Waals surface area (Å²) >= 11 is 0. The van der Waals surface area contributed by atoms with Gasteiger partial charge in [-0.05, 0) is 31.2 Å². The second-order valence-electron chi connectivity index (χ2n) is 4.30. The maximum atomic E-state index is 10.9. The molecule has 1 aliphatic rings. The minimum Gasteiger partial charge on any atom is -0.370 e. The smallest absolute Gasteiger partial charge is 0.218 e. The van der Waals surface area contributed by atoms with Crippen LogP contribution in [-0.2, 0) is 4.79 Å². The van der Waals surface area contributed by atoms with Gasteiger partial charge in [-0.25, -0.2) is 0 Å². The lowest BCUT2D eigenvalue weighted by Crippen LogP contribution is -2.41. The van der Waals surface area contributed by atoms with Crippen LogP contribution < -0.4 is 11.1 Å². The Bertz CT molecular complexity index is 187. The highest BCUT2D eigenvalue weighted by molar-refractivity contribution is 5.74. The summed E-state index contributed by atoms with van der Waals surface area (Å²) in [5.41, 5.74) is 5.31. The fourth-order valence-electron chi connectivity index (χ4n) is 2.17. The van der Waals surface area contributed by atoms with Crippen LogP contribution in [0, 0.1) is 5.41 Å². The van der Waals surface area contributed by atoms with E-state index in [0.717, 1.165) is 13.0 Å². The first-order valence-electron chi connectivity index (χ1n) is 5.10. The van der Waals surface area contributed by atoms with Crippen molar-refractivity contribution in [1.29, 1.82) is 0 Å². The number of rotatable bonds is 4. The van der Waals surface area contributed by atoms with Crippen molar-refractivity contribution in [3.05, 3.63) is 0 Å². The summed E-state index contributed by atoms with van der Waals surface area (Å²) in [6.45, 7) is 5.36. The largest absolute Gasteiger partial charge is 0.370 e. The Labute approximate surface area is 80.1 Å². The molecule has 0 aromatic heterocycles. The number of nitrogens with one attached hydrogen (secondary N) is 1. The number of hydrogen-bond acceptors (Lipinski definition) is 2. The summed E-state index contributed by atoms with van der Waals surface area (Å²) in [4.78, 5) is 10.9. The van der Waals surface area contributed by atoms with E-state index in [1.807, 2.05) is 0 Å². The van der Waals surface area contributed by atoms with Gasteiger partial charge in [0.05, 0.1) is 0 Å². The van der Waals surface area contributed by atoms with Gasteiger partial charge in [0, 0.05) is 12.5 Å². The van der Waals surface area contributed by atoms with Crippen molar-refractivity contribution in [2.45, 2.75) is 45.6 Å². The number of carbonyl (C=O) groups is 1. The van der Waals surface area contributed by atoms with Crippen LogP contribution >= 0.6 is 0 Å². The number of nitrogens with two attached hydrogens (primary N) is 1.